The van der Waals surface area contributed by atoms with Gasteiger partial charge in [-0.3, -0.25) is 0 Å². The van der Waals surface area contributed by atoms with Gasteiger partial charge in [-0.15, -0.1) is 0 Å². The van der Waals surface area contributed by atoms with E-state index in [0.717, 1.165) is 51.5 Å². The SMILES string of the molecule is [Pb][C]1=C2C=CC3=[N+]2C24n5c(ccc5C(c5ccccc5)=c5ccc(n52)=C3c2ccccc2)[C]([Pb])=C2C=CC1=[N+]24. The molecule has 0 saturated heterocycles. The van der Waals surface area contributed by atoms with Crippen molar-refractivity contribution in [3.8, 4) is 0 Å². The first-order valence-corrected chi connectivity index (χ1v) is 17.0. The third-order valence-electron chi connectivity index (χ3n) is 8.90. The standard InChI is InChI=1S/C33H18N4.2Pb/c1-3-7-21(8-4-1)31-27-15-13-25-19-23-11-12-24-20-26-14-16-28-32(22-9-5-2-6-10-22)30-18-17-29(31)37(30)33(34(23)24,35(25)27)36(26)28;;/h1-18H;;/q+2;;. The zero-order valence-electron chi connectivity index (χ0n) is 20.7. The van der Waals surface area contributed by atoms with E-state index >= 15 is 0 Å². The Kier molecular flexibility index (Phi) is 3.97. The summed E-state index contributed by atoms with van der Waals surface area (Å²) >= 11 is 1.96. The number of rotatable bonds is 2. The summed E-state index contributed by atoms with van der Waals surface area (Å²) in [6, 6.07) is 31.4. The summed E-state index contributed by atoms with van der Waals surface area (Å²) < 4.78 is 13.6. The molecule has 0 bridgehead atoms. The third kappa shape index (κ3) is 2.27. The Morgan fingerprint density at radius 1 is 0.513 bits per heavy atom. The van der Waals surface area contributed by atoms with Crippen LogP contribution in [-0.4, -0.2) is 81.2 Å². The van der Waals surface area contributed by atoms with Gasteiger partial charge in [0.05, 0.1) is 0 Å². The van der Waals surface area contributed by atoms with Crippen LogP contribution in [0.4, 0.5) is 0 Å². The fraction of sp³-hybridized carbons (Fsp3) is 0.0303. The Labute approximate surface area is 256 Å². The van der Waals surface area contributed by atoms with Crippen LogP contribution in [0.25, 0.3) is 14.3 Å². The normalized spacial score (nSPS) is 22.5. The number of benzene rings is 2. The molecule has 2 aromatic carbocycles. The fourth-order valence-electron chi connectivity index (χ4n) is 7.53. The Morgan fingerprint density at radius 2 is 1.08 bits per heavy atom. The van der Waals surface area contributed by atoms with Gasteiger partial charge in [0.2, 0.25) is 0 Å². The van der Waals surface area contributed by atoms with E-state index in [9.17, 15) is 0 Å². The first-order chi connectivity index (χ1) is 19.2. The summed E-state index contributed by atoms with van der Waals surface area (Å²) in [7, 11) is 0. The summed E-state index contributed by atoms with van der Waals surface area (Å²) in [5, 5.41) is 2.54. The molecule has 6 aliphatic heterocycles. The molecule has 6 heteroatoms. The number of allylic oxidation sites excluding steroid dienone is 5. The van der Waals surface area contributed by atoms with Crippen LogP contribution >= 0.6 is 0 Å². The van der Waals surface area contributed by atoms with Crippen LogP contribution in [-0.2, 0) is 5.91 Å². The molecule has 4 aromatic rings. The van der Waals surface area contributed by atoms with Gasteiger partial charge in [-0.05, 0) is 0 Å². The molecule has 1 unspecified atom stereocenters. The van der Waals surface area contributed by atoms with Crippen molar-refractivity contribution in [3.63, 3.8) is 0 Å². The zero-order chi connectivity index (χ0) is 25.6. The molecule has 1 atom stereocenters. The van der Waals surface area contributed by atoms with Gasteiger partial charge in [0.25, 0.3) is 0 Å². The van der Waals surface area contributed by atoms with Gasteiger partial charge in [0.15, 0.2) is 0 Å². The van der Waals surface area contributed by atoms with Crippen molar-refractivity contribution in [1.82, 2.24) is 9.13 Å². The molecule has 6 radical (unpaired) electrons. The van der Waals surface area contributed by atoms with Crippen LogP contribution in [0.15, 0.2) is 124 Å². The van der Waals surface area contributed by atoms with E-state index in [-0.39, 0.29) is 0 Å². The minimum atomic E-state index is -0.566. The van der Waals surface area contributed by atoms with Crippen molar-refractivity contribution >= 4 is 77.2 Å². The zero-order valence-corrected chi connectivity index (χ0v) is 28.5. The molecule has 0 saturated carbocycles. The van der Waals surface area contributed by atoms with E-state index < -0.39 is 5.91 Å². The fourth-order valence-corrected chi connectivity index (χ4v) is 10.6. The summed E-state index contributed by atoms with van der Waals surface area (Å²) in [6.07, 6.45) is 9.49. The Bertz CT molecular complexity index is 2220. The van der Waals surface area contributed by atoms with Gasteiger partial charge in [-0.2, -0.15) is 0 Å². The molecule has 0 aliphatic carbocycles. The molecule has 1 spiro atoms. The van der Waals surface area contributed by atoms with E-state index in [1.807, 2.05) is 0 Å². The molecule has 6 aliphatic rings. The first kappa shape index (κ1) is 21.7. The first-order valence-electron chi connectivity index (χ1n) is 13.1. The van der Waals surface area contributed by atoms with Crippen molar-refractivity contribution in [2.75, 3.05) is 0 Å². The monoisotopic (exact) mass is 886 g/mol. The van der Waals surface area contributed by atoms with Gasteiger partial charge < -0.3 is 0 Å². The summed E-state index contributed by atoms with van der Waals surface area (Å²) in [4.78, 5) is 0. The van der Waals surface area contributed by atoms with Gasteiger partial charge >= 0.3 is 258 Å². The van der Waals surface area contributed by atoms with E-state index in [1.54, 1.807) is 0 Å². The molecule has 0 fully saturated rings. The van der Waals surface area contributed by atoms with E-state index in [1.165, 1.54) is 73.4 Å². The molecular formula is C33H18N4Pb2+2. The molecule has 39 heavy (non-hydrogen) atoms. The topological polar surface area (TPSA) is 15.9 Å². The van der Waals surface area contributed by atoms with Crippen molar-refractivity contribution < 1.29 is 9.15 Å². The second-order valence-electron chi connectivity index (χ2n) is 10.6. The maximum atomic E-state index is 2.67. The Morgan fingerprint density at radius 3 is 1.79 bits per heavy atom. The predicted octanol–water partition coefficient (Wildman–Crippen LogP) is 2.47. The average molecular weight is 885 g/mol. The quantitative estimate of drug-likeness (QED) is 0.218. The molecule has 8 heterocycles. The van der Waals surface area contributed by atoms with Gasteiger partial charge in [-0.25, -0.2) is 0 Å². The second-order valence-corrected chi connectivity index (χ2v) is 14.5. The third-order valence-corrected chi connectivity index (χ3v) is 12.9. The summed E-state index contributed by atoms with van der Waals surface area (Å²) in [6.45, 7) is 0. The Hall–Kier alpha value is -3.12. The summed E-state index contributed by atoms with van der Waals surface area (Å²) in [5.74, 6) is -0.566. The molecule has 2 aromatic heterocycles. The average Bonchev–Trinajstić information content (AvgIpc) is 3.78. The van der Waals surface area contributed by atoms with E-state index in [0.29, 0.717) is 0 Å². The van der Waals surface area contributed by atoms with Crippen molar-refractivity contribution in [1.29, 1.82) is 0 Å². The Balaban J connectivity index is 1.53. The van der Waals surface area contributed by atoms with Crippen molar-refractivity contribution in [2.45, 2.75) is 5.91 Å². The van der Waals surface area contributed by atoms with Gasteiger partial charge in [0, 0.05) is 0 Å². The van der Waals surface area contributed by atoms with Gasteiger partial charge in [-0.1, -0.05) is 0 Å². The van der Waals surface area contributed by atoms with Crippen LogP contribution in [0, 0.1) is 0 Å². The molecule has 10 rings (SSSR count). The second kappa shape index (κ2) is 7.14. The van der Waals surface area contributed by atoms with E-state index in [2.05, 4.69) is 128 Å². The molecule has 0 N–H and O–H groups in total. The molecule has 4 nitrogen and oxygen atoms in total. The molecule has 176 valence electrons. The number of hydrogen-bond acceptors (Lipinski definition) is 0. The molecular weight excluding hydrogens is 867 g/mol. The number of nitrogens with zero attached hydrogens (tertiary/aromatic N) is 4. The number of aromatic nitrogens is 2. The van der Waals surface area contributed by atoms with Crippen LogP contribution in [0.5, 0.6) is 0 Å². The van der Waals surface area contributed by atoms with E-state index in [4.69, 9.17) is 0 Å². The van der Waals surface area contributed by atoms with Crippen molar-refractivity contribution in [3.05, 3.63) is 157 Å². The van der Waals surface area contributed by atoms with Gasteiger partial charge in [0.1, 0.15) is 0 Å². The number of hydrogen-bond donors (Lipinski definition) is 0. The summed E-state index contributed by atoms with van der Waals surface area (Å²) in [5.41, 5.74) is 13.1. The van der Waals surface area contributed by atoms with Crippen molar-refractivity contribution in [2.24, 2.45) is 0 Å². The predicted molar refractivity (Wildman–Crippen MR) is 153 cm³/mol. The van der Waals surface area contributed by atoms with Crippen LogP contribution in [0.1, 0.15) is 22.5 Å². The minimum absolute atomic E-state index is 0.566. The maximum absolute atomic E-state index is 2.67. The molecule has 0 amide bonds. The van der Waals surface area contributed by atoms with Crippen LogP contribution in [0.2, 0.25) is 0 Å². The van der Waals surface area contributed by atoms with Crippen LogP contribution in [0.3, 0.4) is 0 Å². The van der Waals surface area contributed by atoms with Crippen LogP contribution < -0.4 is 10.7 Å².